The summed E-state index contributed by atoms with van der Waals surface area (Å²) in [6, 6.07) is 13.0. The number of fused-ring (bicyclic) bond motifs is 8. The number of amides is 2. The highest BCUT2D eigenvalue weighted by molar-refractivity contribution is 6.34. The molecule has 436 valence electrons. The van der Waals surface area contributed by atoms with Crippen LogP contribution in [-0.2, 0) is 31.3 Å². The molecule has 4 atom stereocenters. The lowest BCUT2D eigenvalue weighted by molar-refractivity contribution is -0.141. The molecule has 0 unspecified atom stereocenters. The molecule has 0 saturated carbocycles. The van der Waals surface area contributed by atoms with Crippen molar-refractivity contribution in [2.24, 2.45) is 0 Å². The summed E-state index contributed by atoms with van der Waals surface area (Å²) < 4.78 is 112. The Morgan fingerprint density at radius 1 is 0.720 bits per heavy atom. The molecule has 27 heteroatoms. The van der Waals surface area contributed by atoms with E-state index < -0.39 is 41.1 Å². The Kier molecular flexibility index (Phi) is 16.8. The SMILES string of the molecule is CC1(C)OC[C@H](COc2cnc(N)nc2)O1.CC1(C)OC[C@H](COc2cnc(NC(=O)N3c4nc(-c5cccc(C(F)(F)F)c5)c(Cl)cc4N4CCC[C@H]3C4)nc2)O1.FC(F)(F)c1cccc(-c2nc3c(cc2Cl)N2CCC[C@@H](C2)N3)c1. The molecule has 4 aromatic heterocycles. The molecule has 2 aromatic carbocycles. The summed E-state index contributed by atoms with van der Waals surface area (Å²) in [5.74, 6) is 1.08. The third-order valence-corrected chi connectivity index (χ3v) is 14.5. The maximum atomic E-state index is 13.6. The summed E-state index contributed by atoms with van der Waals surface area (Å²) in [5, 5.41) is 6.64. The Morgan fingerprint density at radius 2 is 1.23 bits per heavy atom. The number of urea groups is 1. The Labute approximate surface area is 477 Å². The van der Waals surface area contributed by atoms with Crippen molar-refractivity contribution < 1.29 is 59.6 Å². The topological polar surface area (TPSA) is 210 Å². The normalized spacial score (nSPS) is 21.1. The van der Waals surface area contributed by atoms with E-state index >= 15 is 0 Å². The number of piperidine rings is 2. The monoisotopic (exact) mass is 1180 g/mol. The number of rotatable bonds is 9. The van der Waals surface area contributed by atoms with Crippen LogP contribution in [0.5, 0.6) is 11.5 Å². The second kappa shape index (κ2) is 23.7. The van der Waals surface area contributed by atoms with Crippen LogP contribution in [0.3, 0.4) is 0 Å². The number of hydrogen-bond acceptors (Lipinski definition) is 17. The van der Waals surface area contributed by atoms with Gasteiger partial charge in [0.25, 0.3) is 0 Å². The van der Waals surface area contributed by atoms with Gasteiger partial charge in [-0.05, 0) is 89.8 Å². The van der Waals surface area contributed by atoms with Crippen LogP contribution in [0.1, 0.15) is 64.5 Å². The highest BCUT2D eigenvalue weighted by Gasteiger charge is 2.41. The van der Waals surface area contributed by atoms with E-state index in [0.29, 0.717) is 77.5 Å². The van der Waals surface area contributed by atoms with Crippen LogP contribution in [0.4, 0.5) is 66.0 Å². The summed E-state index contributed by atoms with van der Waals surface area (Å²) in [7, 11) is 0. The minimum absolute atomic E-state index is 0.0563. The minimum atomic E-state index is -4.53. The molecule has 4 fully saturated rings. The quantitative estimate of drug-likeness (QED) is 0.115. The van der Waals surface area contributed by atoms with Gasteiger partial charge in [-0.25, -0.2) is 34.7 Å². The number of nitrogens with one attached hydrogen (secondary N) is 2. The van der Waals surface area contributed by atoms with Gasteiger partial charge in [0.2, 0.25) is 11.9 Å². The zero-order valence-corrected chi connectivity index (χ0v) is 46.4. The fourth-order valence-corrected chi connectivity index (χ4v) is 10.7. The van der Waals surface area contributed by atoms with Crippen molar-refractivity contribution in [1.29, 1.82) is 0 Å². The van der Waals surface area contributed by atoms with E-state index in [1.54, 1.807) is 18.2 Å². The van der Waals surface area contributed by atoms with Crippen LogP contribution in [0.15, 0.2) is 85.5 Å². The van der Waals surface area contributed by atoms with Gasteiger partial charge in [0.1, 0.15) is 25.4 Å². The Morgan fingerprint density at radius 3 is 1.77 bits per heavy atom. The second-order valence-corrected chi connectivity index (χ2v) is 21.8. The van der Waals surface area contributed by atoms with Crippen molar-refractivity contribution in [2.45, 2.75) is 102 Å². The lowest BCUT2D eigenvalue weighted by Crippen LogP contribution is -2.56. The summed E-state index contributed by atoms with van der Waals surface area (Å²) in [6.45, 7) is 12.2. The number of halogens is 8. The Bertz CT molecular complexity index is 3260. The Hall–Kier alpha value is -7.03. The number of aromatic nitrogens is 6. The van der Waals surface area contributed by atoms with E-state index in [1.165, 1.54) is 47.9 Å². The lowest BCUT2D eigenvalue weighted by atomic mass is 9.99. The largest absolute Gasteiger partial charge is 0.488 e. The van der Waals surface area contributed by atoms with Crippen LogP contribution in [0, 0.1) is 0 Å². The van der Waals surface area contributed by atoms with E-state index in [0.717, 1.165) is 75.3 Å². The number of nitrogens with zero attached hydrogens (tertiary/aromatic N) is 9. The second-order valence-electron chi connectivity index (χ2n) is 21.0. The number of carbonyl (C=O) groups is 1. The molecule has 4 saturated heterocycles. The predicted octanol–water partition coefficient (Wildman–Crippen LogP) is 11.2. The highest BCUT2D eigenvalue weighted by Crippen LogP contribution is 2.44. The smallest absolute Gasteiger partial charge is 0.416 e. The standard InChI is InChI=1S/C28H28ClF3N6O4.C17H15ClF3N3.C10H15N3O3/c1-27(2)41-15-20(42-27)14-40-19-11-33-25(34-12-19)36-26(39)38-18-7-4-8-37(13-18)22-10-21(29)23(35-24(22)38)16-5-3-6-17(9-16)28(30,31)32;18-13-8-14-16(22-12-5-2-6-24(14)9-12)23-15(13)10-3-1-4-11(7-10)17(19,20)21;1-10(2)15-6-8(16-10)5-14-7-3-12-9(11)13-4-7/h3,5-6,9-12,18,20H,4,7-8,13-15H2,1-2H3,(H,33,34,36,39);1,3-4,7-8,12H,2,5-6,9H2,(H,22,23);3-4,8H,5-6H2,1-2H3,(H2,11,12,13)/t18-,20-;12-;8-/m000/s1. The number of anilines is 6. The fraction of sp³-hybridized carbons (Fsp3) is 0.436. The number of carbonyl (C=O) groups excluding carboxylic acids is 1. The number of hydrogen-bond donors (Lipinski definition) is 3. The molecule has 10 heterocycles. The summed E-state index contributed by atoms with van der Waals surface area (Å²) in [4.78, 5) is 44.7. The van der Waals surface area contributed by atoms with E-state index in [4.69, 9.17) is 57.4 Å². The third kappa shape index (κ3) is 13.9. The molecule has 0 radical (unpaired) electrons. The van der Waals surface area contributed by atoms with Gasteiger partial charge in [0, 0.05) is 43.3 Å². The molecule has 6 aliphatic rings. The third-order valence-electron chi connectivity index (χ3n) is 14.0. The van der Waals surface area contributed by atoms with Gasteiger partial charge in [-0.2, -0.15) is 26.3 Å². The van der Waals surface area contributed by atoms with E-state index in [1.807, 2.05) is 27.7 Å². The average molecular weight is 1180 g/mol. The van der Waals surface area contributed by atoms with Gasteiger partial charge in [-0.1, -0.05) is 47.5 Å². The molecular formula is C55H58Cl2F6N12O7. The maximum Gasteiger partial charge on any atom is 0.416 e. The Balaban J connectivity index is 0.000000157. The number of benzene rings is 2. The number of pyridine rings is 2. The van der Waals surface area contributed by atoms with Crippen LogP contribution >= 0.6 is 23.2 Å². The molecule has 82 heavy (non-hydrogen) atoms. The van der Waals surface area contributed by atoms with Gasteiger partial charge < -0.3 is 49.3 Å². The first kappa shape index (κ1) is 58.2. The minimum Gasteiger partial charge on any atom is -0.488 e. The summed E-state index contributed by atoms with van der Waals surface area (Å²) >= 11 is 12.9. The number of alkyl halides is 6. The molecule has 6 aromatic rings. The van der Waals surface area contributed by atoms with Crippen LogP contribution in [-0.4, -0.2) is 124 Å². The molecule has 4 bridgehead atoms. The lowest BCUT2D eigenvalue weighted by Gasteiger charge is -2.45. The molecule has 4 N–H and O–H groups in total. The average Bonchev–Trinajstić information content (AvgIpc) is 4.16. The van der Waals surface area contributed by atoms with Crippen molar-refractivity contribution in [2.75, 3.05) is 83.7 Å². The maximum absolute atomic E-state index is 13.6. The van der Waals surface area contributed by atoms with Gasteiger partial charge in [-0.15, -0.1) is 0 Å². The molecular weight excluding hydrogens is 1130 g/mol. The van der Waals surface area contributed by atoms with Crippen molar-refractivity contribution in [3.05, 3.63) is 107 Å². The van der Waals surface area contributed by atoms with Crippen LogP contribution < -0.4 is 40.5 Å². The van der Waals surface area contributed by atoms with Crippen LogP contribution in [0.25, 0.3) is 22.5 Å². The number of ether oxygens (including phenoxy) is 6. The highest BCUT2D eigenvalue weighted by atomic mass is 35.5. The van der Waals surface area contributed by atoms with E-state index in [9.17, 15) is 31.1 Å². The molecule has 19 nitrogen and oxygen atoms in total. The fourth-order valence-electron chi connectivity index (χ4n) is 10.2. The first-order chi connectivity index (χ1) is 38.9. The number of nitrogen functional groups attached to an aromatic ring is 1. The van der Waals surface area contributed by atoms with E-state index in [-0.39, 0.29) is 53.0 Å². The van der Waals surface area contributed by atoms with Crippen molar-refractivity contribution >= 4 is 64.1 Å². The zero-order chi connectivity index (χ0) is 58.1. The molecule has 12 rings (SSSR count). The molecule has 2 amide bonds. The van der Waals surface area contributed by atoms with Crippen molar-refractivity contribution in [3.8, 4) is 34.0 Å². The van der Waals surface area contributed by atoms with Gasteiger partial charge in [0.05, 0.1) is 88.0 Å². The first-order valence-electron chi connectivity index (χ1n) is 26.4. The summed E-state index contributed by atoms with van der Waals surface area (Å²) in [5.41, 5.74) is 6.48. The zero-order valence-electron chi connectivity index (χ0n) is 44.9. The van der Waals surface area contributed by atoms with Crippen molar-refractivity contribution in [3.63, 3.8) is 0 Å². The van der Waals surface area contributed by atoms with Crippen molar-refractivity contribution in [1.82, 2.24) is 29.9 Å². The number of nitrogens with two attached hydrogens (primary N) is 1. The molecule has 6 aliphatic heterocycles. The van der Waals surface area contributed by atoms with Crippen LogP contribution in [0.2, 0.25) is 10.0 Å². The molecule has 0 spiro atoms. The van der Waals surface area contributed by atoms with E-state index in [2.05, 4.69) is 50.3 Å². The van der Waals surface area contributed by atoms with Gasteiger partial charge in [0.15, 0.2) is 34.7 Å². The predicted molar refractivity (Wildman–Crippen MR) is 294 cm³/mol. The first-order valence-corrected chi connectivity index (χ1v) is 27.1. The van der Waals surface area contributed by atoms with Gasteiger partial charge in [-0.3, -0.25) is 10.2 Å². The molecule has 0 aliphatic carbocycles. The van der Waals surface area contributed by atoms with Gasteiger partial charge >= 0.3 is 18.4 Å². The summed E-state index contributed by atoms with van der Waals surface area (Å²) in [6.07, 6.45) is 0.484.